The molecule has 0 spiro atoms. The molecule has 100 valence electrons. The maximum absolute atomic E-state index is 13.9. The number of aliphatic carboxylic acids is 1. The van der Waals surface area contributed by atoms with Crippen molar-refractivity contribution in [2.24, 2.45) is 9.98 Å². The van der Waals surface area contributed by atoms with Gasteiger partial charge < -0.3 is 10.1 Å². The topological polar surface area (TPSA) is 108 Å². The van der Waals surface area contributed by atoms with E-state index in [0.717, 1.165) is 12.4 Å². The number of Topliss-reactive ketones (excluding diaryl/α,β-unsaturated/α-hetero) is 1. The van der Waals surface area contributed by atoms with Crippen molar-refractivity contribution in [2.75, 3.05) is 6.54 Å². The number of aromatic amines is 1. The zero-order chi connectivity index (χ0) is 14.3. The lowest BCUT2D eigenvalue weighted by Gasteiger charge is -2.01. The van der Waals surface area contributed by atoms with Gasteiger partial charge in [-0.05, 0) is 0 Å². The molecule has 0 saturated heterocycles. The number of carbonyl (C=O) groups excluding carboxylic acids is 1. The van der Waals surface area contributed by atoms with Crippen molar-refractivity contribution >= 4 is 34.7 Å². The summed E-state index contributed by atoms with van der Waals surface area (Å²) in [6.07, 6.45) is 3.63. The average molecular weight is 274 g/mol. The fourth-order valence-electron chi connectivity index (χ4n) is 2.00. The van der Waals surface area contributed by atoms with Crippen LogP contribution in [0.5, 0.6) is 0 Å². The van der Waals surface area contributed by atoms with E-state index in [1.54, 1.807) is 6.21 Å². The van der Waals surface area contributed by atoms with Gasteiger partial charge in [0.2, 0.25) is 0 Å². The first-order valence-corrected chi connectivity index (χ1v) is 5.60. The first-order valence-electron chi connectivity index (χ1n) is 5.60. The number of aromatic nitrogens is 2. The summed E-state index contributed by atoms with van der Waals surface area (Å²) in [7, 11) is 0. The molecule has 8 heteroatoms. The molecule has 2 aromatic heterocycles. The van der Waals surface area contributed by atoms with E-state index in [2.05, 4.69) is 20.0 Å². The molecule has 3 rings (SSSR count). The molecule has 2 N–H and O–H groups in total. The molecular weight excluding hydrogens is 267 g/mol. The van der Waals surface area contributed by atoms with Crippen molar-refractivity contribution in [1.82, 2.24) is 9.97 Å². The van der Waals surface area contributed by atoms with Crippen molar-refractivity contribution < 1.29 is 19.1 Å². The van der Waals surface area contributed by atoms with Crippen LogP contribution in [0.4, 0.5) is 4.39 Å². The van der Waals surface area contributed by atoms with Gasteiger partial charge >= 0.3 is 5.97 Å². The van der Waals surface area contributed by atoms with E-state index in [9.17, 15) is 14.0 Å². The molecule has 0 aromatic carbocycles. The zero-order valence-corrected chi connectivity index (χ0v) is 9.92. The van der Waals surface area contributed by atoms with Crippen LogP contribution in [0, 0.1) is 5.82 Å². The Morgan fingerprint density at radius 3 is 2.85 bits per heavy atom. The Bertz CT molecular complexity index is 806. The van der Waals surface area contributed by atoms with Gasteiger partial charge in [0, 0.05) is 12.4 Å². The van der Waals surface area contributed by atoms with E-state index >= 15 is 0 Å². The number of carboxylic acid groups (broad SMARTS) is 1. The predicted molar refractivity (Wildman–Crippen MR) is 67.9 cm³/mol. The molecule has 1 aliphatic heterocycles. The van der Waals surface area contributed by atoms with Crippen molar-refractivity contribution in [3.05, 3.63) is 29.5 Å². The monoisotopic (exact) mass is 274 g/mol. The Kier molecular flexibility index (Phi) is 2.63. The summed E-state index contributed by atoms with van der Waals surface area (Å²) in [5.74, 6) is -3.31. The highest BCUT2D eigenvalue weighted by atomic mass is 19.1. The van der Waals surface area contributed by atoms with Crippen LogP contribution in [-0.2, 0) is 4.79 Å². The number of aliphatic imine (C=N–C) groups is 2. The number of pyridine rings is 1. The Hall–Kier alpha value is -2.90. The van der Waals surface area contributed by atoms with Gasteiger partial charge in [0.1, 0.15) is 5.69 Å². The van der Waals surface area contributed by atoms with E-state index in [4.69, 9.17) is 5.11 Å². The summed E-state index contributed by atoms with van der Waals surface area (Å²) in [5, 5.41) is 8.62. The summed E-state index contributed by atoms with van der Waals surface area (Å²) in [5.41, 5.74) is 0.225. The molecule has 0 amide bonds. The largest absolute Gasteiger partial charge is 0.475 e. The third kappa shape index (κ3) is 1.69. The van der Waals surface area contributed by atoms with E-state index in [1.165, 1.54) is 0 Å². The number of halogens is 1. The molecule has 7 nitrogen and oxygen atoms in total. The van der Waals surface area contributed by atoms with Crippen LogP contribution in [0.25, 0.3) is 10.9 Å². The third-order valence-electron chi connectivity index (χ3n) is 2.85. The van der Waals surface area contributed by atoms with Crippen LogP contribution in [0.3, 0.4) is 0 Å². The van der Waals surface area contributed by atoms with Crippen LogP contribution in [0.1, 0.15) is 16.1 Å². The second-order valence-corrected chi connectivity index (χ2v) is 4.02. The van der Waals surface area contributed by atoms with Gasteiger partial charge in [0.25, 0.3) is 5.78 Å². The second-order valence-electron chi connectivity index (χ2n) is 4.02. The maximum Gasteiger partial charge on any atom is 0.377 e. The Morgan fingerprint density at radius 2 is 2.20 bits per heavy atom. The summed E-state index contributed by atoms with van der Waals surface area (Å²) in [6.45, 7) is 0.400. The standard InChI is InChI=1S/C12H7FN4O3/c13-6-4-17-9(11-14-1-2-15-11)8-7(6)5(3-16-8)10(18)12(19)20/h1,3-4,16H,2H2,(H,19,20). The number of nitrogens with one attached hydrogen (secondary N) is 1. The van der Waals surface area contributed by atoms with Crippen molar-refractivity contribution in [3.63, 3.8) is 0 Å². The fraction of sp³-hybridized carbons (Fsp3) is 0.0833. The average Bonchev–Trinajstić information content (AvgIpc) is 3.07. The highest BCUT2D eigenvalue weighted by molar-refractivity contribution is 6.42. The SMILES string of the molecule is O=C(O)C(=O)c1c[nH]c2c(C3=NCC=N3)ncc(F)c12. The van der Waals surface area contributed by atoms with E-state index in [-0.39, 0.29) is 22.2 Å². The summed E-state index contributed by atoms with van der Waals surface area (Å²) in [4.78, 5) is 36.9. The van der Waals surface area contributed by atoms with Gasteiger partial charge in [0.05, 0.1) is 29.2 Å². The molecule has 0 atom stereocenters. The maximum atomic E-state index is 13.9. The zero-order valence-electron chi connectivity index (χ0n) is 9.92. The lowest BCUT2D eigenvalue weighted by atomic mass is 10.1. The smallest absolute Gasteiger partial charge is 0.377 e. The highest BCUT2D eigenvalue weighted by Crippen LogP contribution is 2.25. The molecule has 0 saturated carbocycles. The van der Waals surface area contributed by atoms with Crippen LogP contribution >= 0.6 is 0 Å². The highest BCUT2D eigenvalue weighted by Gasteiger charge is 2.24. The normalized spacial score (nSPS) is 13.8. The van der Waals surface area contributed by atoms with Gasteiger partial charge in [-0.3, -0.25) is 9.79 Å². The second kappa shape index (κ2) is 4.34. The number of hydrogen-bond donors (Lipinski definition) is 2. The van der Waals surface area contributed by atoms with Gasteiger partial charge in [0.15, 0.2) is 11.7 Å². The first-order chi connectivity index (χ1) is 9.59. The molecule has 0 bridgehead atoms. The van der Waals surface area contributed by atoms with Gasteiger partial charge in [-0.2, -0.15) is 0 Å². The van der Waals surface area contributed by atoms with E-state index in [0.29, 0.717) is 12.4 Å². The summed E-state index contributed by atoms with van der Waals surface area (Å²) >= 11 is 0. The van der Waals surface area contributed by atoms with Gasteiger partial charge in [-0.1, -0.05) is 0 Å². The molecule has 0 unspecified atom stereocenters. The van der Waals surface area contributed by atoms with Crippen molar-refractivity contribution in [3.8, 4) is 0 Å². The Balaban J connectivity index is 2.28. The lowest BCUT2D eigenvalue weighted by Crippen LogP contribution is -2.12. The number of nitrogens with zero attached hydrogens (tertiary/aromatic N) is 3. The minimum Gasteiger partial charge on any atom is -0.475 e. The van der Waals surface area contributed by atoms with Crippen LogP contribution in [-0.4, -0.2) is 45.4 Å². The number of H-pyrrole nitrogens is 1. The molecule has 0 fully saturated rings. The summed E-state index contributed by atoms with van der Waals surface area (Å²) < 4.78 is 13.9. The molecule has 2 aromatic rings. The third-order valence-corrected chi connectivity index (χ3v) is 2.85. The quantitative estimate of drug-likeness (QED) is 0.637. The van der Waals surface area contributed by atoms with E-state index in [1.807, 2.05) is 0 Å². The number of hydrogen-bond acceptors (Lipinski definition) is 5. The van der Waals surface area contributed by atoms with Gasteiger partial charge in [-0.15, -0.1) is 0 Å². The molecule has 0 radical (unpaired) electrons. The fourth-order valence-corrected chi connectivity index (χ4v) is 2.00. The summed E-state index contributed by atoms with van der Waals surface area (Å²) in [6, 6.07) is 0. The number of fused-ring (bicyclic) bond motifs is 1. The number of amidine groups is 1. The number of ketones is 1. The van der Waals surface area contributed by atoms with Crippen LogP contribution < -0.4 is 0 Å². The number of rotatable bonds is 3. The van der Waals surface area contributed by atoms with Crippen molar-refractivity contribution in [1.29, 1.82) is 0 Å². The first kappa shape index (κ1) is 12.2. The van der Waals surface area contributed by atoms with Crippen molar-refractivity contribution in [2.45, 2.75) is 0 Å². The van der Waals surface area contributed by atoms with Crippen LogP contribution in [0.2, 0.25) is 0 Å². The molecular formula is C12H7FN4O3. The number of carboxylic acids is 1. The molecule has 3 heterocycles. The Morgan fingerprint density at radius 1 is 1.40 bits per heavy atom. The predicted octanol–water partition coefficient (Wildman–Crippen LogP) is 0.800. The molecule has 0 aliphatic carbocycles. The van der Waals surface area contributed by atoms with E-state index < -0.39 is 17.6 Å². The Labute approximate surface area is 110 Å². The molecule has 1 aliphatic rings. The minimum atomic E-state index is -1.65. The minimum absolute atomic E-state index is 0.118. The van der Waals surface area contributed by atoms with Gasteiger partial charge in [-0.25, -0.2) is 19.2 Å². The number of carbonyl (C=O) groups is 2. The molecule has 20 heavy (non-hydrogen) atoms. The lowest BCUT2D eigenvalue weighted by molar-refractivity contribution is -0.131. The van der Waals surface area contributed by atoms with Crippen LogP contribution in [0.15, 0.2) is 22.4 Å².